The van der Waals surface area contributed by atoms with Gasteiger partial charge in [-0.15, -0.1) is 0 Å². The van der Waals surface area contributed by atoms with E-state index in [4.69, 9.17) is 9.90 Å². The zero-order chi connectivity index (χ0) is 10.7. The number of hydrogen-bond acceptors (Lipinski definition) is 2. The fourth-order valence-electron chi connectivity index (χ4n) is 0.637. The molecule has 1 N–H and O–H groups in total. The lowest BCUT2D eigenvalue weighted by Crippen LogP contribution is -1.70. The number of carbonyl (C=O) groups excluding carboxylic acids is 1. The molecule has 1 rings (SSSR count). The maximum atomic E-state index is 8.00. The molecule has 0 aromatic heterocycles. The van der Waals surface area contributed by atoms with Crippen LogP contribution in [-0.4, -0.2) is 18.5 Å². The molecule has 1 aromatic carbocycles. The van der Waals surface area contributed by atoms with E-state index in [1.165, 1.54) is 11.1 Å². The molecule has 0 amide bonds. The first kappa shape index (κ1) is 14.4. The maximum Gasteiger partial charge on any atom is 0.106 e. The Kier molecular flexibility index (Phi) is 12.0. The van der Waals surface area contributed by atoms with E-state index in [2.05, 4.69) is 38.1 Å². The molecule has 1 aromatic rings. The molecular formula is C11H18O2. The van der Waals surface area contributed by atoms with Crippen LogP contribution in [0.4, 0.5) is 0 Å². The molecule has 2 heteroatoms. The minimum absolute atomic E-state index is 0.250. The summed E-state index contributed by atoms with van der Waals surface area (Å²) in [6, 6.07) is 8.48. The highest BCUT2D eigenvalue weighted by atomic mass is 16.2. The predicted molar refractivity (Wildman–Crippen MR) is 55.8 cm³/mol. The SMILES string of the molecule is C=O.CCO.Cc1ccc(C)cc1. The Labute approximate surface area is 80.2 Å². The van der Waals surface area contributed by atoms with Gasteiger partial charge in [-0.3, -0.25) is 0 Å². The van der Waals surface area contributed by atoms with E-state index in [-0.39, 0.29) is 6.61 Å². The second-order valence-electron chi connectivity index (χ2n) is 2.47. The van der Waals surface area contributed by atoms with Crippen molar-refractivity contribution in [2.24, 2.45) is 0 Å². The predicted octanol–water partition coefficient (Wildman–Crippen LogP) is 2.12. The van der Waals surface area contributed by atoms with Crippen molar-refractivity contribution in [1.29, 1.82) is 0 Å². The molecule has 13 heavy (non-hydrogen) atoms. The van der Waals surface area contributed by atoms with Gasteiger partial charge in [0.25, 0.3) is 0 Å². The Balaban J connectivity index is 0. The molecule has 0 saturated heterocycles. The van der Waals surface area contributed by atoms with Crippen LogP contribution in [0.25, 0.3) is 0 Å². The normalized spacial score (nSPS) is 7.38. The van der Waals surface area contributed by atoms with Crippen LogP contribution in [0.5, 0.6) is 0 Å². The van der Waals surface area contributed by atoms with Crippen LogP contribution >= 0.6 is 0 Å². The Bertz CT molecular complexity index is 171. The molecule has 74 valence electrons. The number of aliphatic hydroxyl groups is 1. The summed E-state index contributed by atoms with van der Waals surface area (Å²) in [7, 11) is 0. The minimum Gasteiger partial charge on any atom is -0.397 e. The van der Waals surface area contributed by atoms with Gasteiger partial charge in [0, 0.05) is 6.61 Å². The van der Waals surface area contributed by atoms with Gasteiger partial charge in [0.05, 0.1) is 0 Å². The number of aliphatic hydroxyl groups excluding tert-OH is 1. The largest absolute Gasteiger partial charge is 0.397 e. The lowest BCUT2D eigenvalue weighted by atomic mass is 10.2. The van der Waals surface area contributed by atoms with E-state index >= 15 is 0 Å². The molecule has 0 spiro atoms. The van der Waals surface area contributed by atoms with Gasteiger partial charge in [0.15, 0.2) is 0 Å². The molecule has 2 nitrogen and oxygen atoms in total. The van der Waals surface area contributed by atoms with E-state index in [1.807, 2.05) is 6.79 Å². The van der Waals surface area contributed by atoms with Crippen LogP contribution in [-0.2, 0) is 4.79 Å². The van der Waals surface area contributed by atoms with Crippen LogP contribution in [0.15, 0.2) is 24.3 Å². The first-order chi connectivity index (χ1) is 6.20. The molecule has 0 aliphatic carbocycles. The van der Waals surface area contributed by atoms with Crippen LogP contribution in [0.1, 0.15) is 18.1 Å². The number of carbonyl (C=O) groups is 1. The van der Waals surface area contributed by atoms with Gasteiger partial charge in [-0.25, -0.2) is 0 Å². The van der Waals surface area contributed by atoms with Gasteiger partial charge in [-0.05, 0) is 20.8 Å². The number of aryl methyl sites for hydroxylation is 2. The van der Waals surface area contributed by atoms with E-state index in [0.29, 0.717) is 0 Å². The van der Waals surface area contributed by atoms with Crippen molar-refractivity contribution in [2.45, 2.75) is 20.8 Å². The van der Waals surface area contributed by atoms with Crippen molar-refractivity contribution >= 4 is 6.79 Å². The summed E-state index contributed by atoms with van der Waals surface area (Å²) in [5.41, 5.74) is 2.66. The summed E-state index contributed by atoms with van der Waals surface area (Å²) in [6.07, 6.45) is 0. The first-order valence-electron chi connectivity index (χ1n) is 4.13. The quantitative estimate of drug-likeness (QED) is 0.667. The molecule has 0 bridgehead atoms. The van der Waals surface area contributed by atoms with E-state index < -0.39 is 0 Å². The van der Waals surface area contributed by atoms with E-state index in [0.717, 1.165) is 0 Å². The molecule has 0 aliphatic rings. The van der Waals surface area contributed by atoms with Crippen LogP contribution < -0.4 is 0 Å². The van der Waals surface area contributed by atoms with Crippen LogP contribution in [0, 0.1) is 13.8 Å². The Morgan fingerprint density at radius 3 is 1.38 bits per heavy atom. The summed E-state index contributed by atoms with van der Waals surface area (Å²) in [6.45, 7) is 8.12. The van der Waals surface area contributed by atoms with Gasteiger partial charge in [-0.1, -0.05) is 35.4 Å². The van der Waals surface area contributed by atoms with Crippen molar-refractivity contribution in [3.05, 3.63) is 35.4 Å². The minimum atomic E-state index is 0.250. The smallest absolute Gasteiger partial charge is 0.106 e. The molecule has 0 atom stereocenters. The highest BCUT2D eigenvalue weighted by Gasteiger charge is 1.79. The molecule has 0 radical (unpaired) electrons. The van der Waals surface area contributed by atoms with E-state index in [9.17, 15) is 0 Å². The molecule has 0 aliphatic heterocycles. The van der Waals surface area contributed by atoms with Gasteiger partial charge in [-0.2, -0.15) is 0 Å². The van der Waals surface area contributed by atoms with Crippen molar-refractivity contribution in [3.63, 3.8) is 0 Å². The summed E-state index contributed by atoms with van der Waals surface area (Å²) in [4.78, 5) is 8.00. The fourth-order valence-corrected chi connectivity index (χ4v) is 0.637. The average Bonchev–Trinajstić information content (AvgIpc) is 2.15. The number of benzene rings is 1. The second-order valence-corrected chi connectivity index (χ2v) is 2.47. The Morgan fingerprint density at radius 2 is 1.23 bits per heavy atom. The van der Waals surface area contributed by atoms with Crippen molar-refractivity contribution in [2.75, 3.05) is 6.61 Å². The Morgan fingerprint density at radius 1 is 1.08 bits per heavy atom. The number of hydrogen-bond donors (Lipinski definition) is 1. The van der Waals surface area contributed by atoms with Crippen molar-refractivity contribution in [1.82, 2.24) is 0 Å². The van der Waals surface area contributed by atoms with Crippen molar-refractivity contribution in [3.8, 4) is 0 Å². The maximum absolute atomic E-state index is 8.00. The highest BCUT2D eigenvalue weighted by molar-refractivity contribution is 5.19. The topological polar surface area (TPSA) is 37.3 Å². The fraction of sp³-hybridized carbons (Fsp3) is 0.364. The average molecular weight is 182 g/mol. The summed E-state index contributed by atoms with van der Waals surface area (Å²) >= 11 is 0. The highest BCUT2D eigenvalue weighted by Crippen LogP contribution is 1.99. The van der Waals surface area contributed by atoms with Gasteiger partial charge >= 0.3 is 0 Å². The Hall–Kier alpha value is -1.15. The summed E-state index contributed by atoms with van der Waals surface area (Å²) in [5.74, 6) is 0. The second kappa shape index (κ2) is 10.8. The van der Waals surface area contributed by atoms with Crippen LogP contribution in [0.2, 0.25) is 0 Å². The van der Waals surface area contributed by atoms with Gasteiger partial charge in [0.2, 0.25) is 0 Å². The molecular weight excluding hydrogens is 164 g/mol. The van der Waals surface area contributed by atoms with Crippen molar-refractivity contribution < 1.29 is 9.90 Å². The molecule has 0 fully saturated rings. The summed E-state index contributed by atoms with van der Waals surface area (Å²) < 4.78 is 0. The molecule has 0 heterocycles. The van der Waals surface area contributed by atoms with Gasteiger partial charge < -0.3 is 9.90 Å². The third kappa shape index (κ3) is 10.8. The van der Waals surface area contributed by atoms with Crippen LogP contribution in [0.3, 0.4) is 0 Å². The lowest BCUT2D eigenvalue weighted by Gasteiger charge is -1.90. The number of rotatable bonds is 0. The lowest BCUT2D eigenvalue weighted by molar-refractivity contribution is -0.0979. The molecule has 0 unspecified atom stereocenters. The summed E-state index contributed by atoms with van der Waals surface area (Å²) in [5, 5.41) is 7.57. The zero-order valence-electron chi connectivity index (χ0n) is 8.58. The van der Waals surface area contributed by atoms with E-state index in [1.54, 1.807) is 6.92 Å². The standard InChI is InChI=1S/C8H10.C2H6O.CH2O/c1-7-3-5-8(2)6-4-7;1-2-3;1-2/h3-6H,1-2H3;3H,2H2,1H3;1H2. The van der Waals surface area contributed by atoms with Gasteiger partial charge in [0.1, 0.15) is 6.79 Å². The third-order valence-electron chi connectivity index (χ3n) is 1.22. The first-order valence-corrected chi connectivity index (χ1v) is 4.13. The molecule has 0 saturated carbocycles. The third-order valence-corrected chi connectivity index (χ3v) is 1.22. The monoisotopic (exact) mass is 182 g/mol. The zero-order valence-corrected chi connectivity index (χ0v) is 8.58.